The molecule has 0 N–H and O–H groups in total. The smallest absolute Gasteiger partial charge is 0.140 e. The van der Waals surface area contributed by atoms with E-state index < -0.39 is 0 Å². The van der Waals surface area contributed by atoms with Crippen molar-refractivity contribution in [3.8, 4) is 5.75 Å². The average molecular weight is 369 g/mol. The highest BCUT2D eigenvalue weighted by atomic mass is 19.1. The molecule has 0 amide bonds. The van der Waals surface area contributed by atoms with Gasteiger partial charge in [-0.15, -0.1) is 0 Å². The van der Waals surface area contributed by atoms with E-state index in [1.807, 2.05) is 24.2 Å². The fraction of sp³-hybridized carbons (Fsp3) is 0.409. The normalized spacial score (nSPS) is 19.2. The maximum Gasteiger partial charge on any atom is 0.140 e. The molecule has 3 rings (SSSR count). The first kappa shape index (κ1) is 19.4. The van der Waals surface area contributed by atoms with Crippen LogP contribution in [0.5, 0.6) is 5.75 Å². The molecule has 1 fully saturated rings. The van der Waals surface area contributed by atoms with E-state index >= 15 is 0 Å². The van der Waals surface area contributed by atoms with Crippen LogP contribution in [0.4, 0.5) is 4.39 Å². The Morgan fingerprint density at radius 1 is 1.33 bits per heavy atom. The van der Waals surface area contributed by atoms with Crippen molar-refractivity contribution in [2.75, 3.05) is 33.8 Å². The van der Waals surface area contributed by atoms with E-state index in [-0.39, 0.29) is 5.82 Å². The number of ether oxygens (including phenoxy) is 1. The largest absolute Gasteiger partial charge is 0.497 e. The van der Waals surface area contributed by atoms with Crippen LogP contribution in [0.1, 0.15) is 31.2 Å². The zero-order chi connectivity index (χ0) is 19.2. The molecule has 1 aromatic rings. The number of methoxy groups -OCH3 is 1. The van der Waals surface area contributed by atoms with Gasteiger partial charge in [-0.25, -0.2) is 9.38 Å². The summed E-state index contributed by atoms with van der Waals surface area (Å²) in [6.45, 7) is 7.43. The summed E-state index contributed by atoms with van der Waals surface area (Å²) in [6, 6.07) is 4.72. The second-order valence-corrected chi connectivity index (χ2v) is 6.97. The van der Waals surface area contributed by atoms with E-state index in [2.05, 4.69) is 11.5 Å². The molecule has 0 aliphatic carbocycles. The van der Waals surface area contributed by atoms with E-state index in [1.165, 1.54) is 32.0 Å². The third-order valence-corrected chi connectivity index (χ3v) is 5.09. The summed E-state index contributed by atoms with van der Waals surface area (Å²) in [4.78, 5) is 9.22. The van der Waals surface area contributed by atoms with Crippen molar-refractivity contribution >= 4 is 11.3 Å². The number of allylic oxidation sites excluding steroid dienone is 3. The molecule has 144 valence electrons. The van der Waals surface area contributed by atoms with Gasteiger partial charge >= 0.3 is 0 Å². The molecule has 0 aromatic heterocycles. The fourth-order valence-corrected chi connectivity index (χ4v) is 3.56. The number of benzene rings is 1. The second-order valence-electron chi connectivity index (χ2n) is 6.97. The highest BCUT2D eigenvalue weighted by molar-refractivity contribution is 5.97. The number of rotatable bonds is 7. The summed E-state index contributed by atoms with van der Waals surface area (Å²) >= 11 is 0. The van der Waals surface area contributed by atoms with Crippen LogP contribution in [0.15, 0.2) is 53.9 Å². The Morgan fingerprint density at radius 3 is 2.81 bits per heavy atom. The molecule has 0 unspecified atom stereocenters. The minimum absolute atomic E-state index is 0.313. The minimum Gasteiger partial charge on any atom is -0.497 e. The van der Waals surface area contributed by atoms with E-state index in [0.29, 0.717) is 22.7 Å². The van der Waals surface area contributed by atoms with Crippen molar-refractivity contribution in [1.29, 1.82) is 0 Å². The van der Waals surface area contributed by atoms with Gasteiger partial charge in [0, 0.05) is 30.1 Å². The molecule has 4 nitrogen and oxygen atoms in total. The Bertz CT molecular complexity index is 776. The van der Waals surface area contributed by atoms with Crippen molar-refractivity contribution in [3.05, 3.63) is 60.3 Å². The van der Waals surface area contributed by atoms with Crippen LogP contribution in [-0.4, -0.2) is 49.3 Å². The van der Waals surface area contributed by atoms with Gasteiger partial charge in [-0.3, -0.25) is 0 Å². The monoisotopic (exact) mass is 369 g/mol. The Kier molecular flexibility index (Phi) is 6.45. The number of nitrogens with zero attached hydrogens (tertiary/aromatic N) is 3. The van der Waals surface area contributed by atoms with E-state index in [9.17, 15) is 4.39 Å². The molecular weight excluding hydrogens is 341 g/mol. The third-order valence-electron chi connectivity index (χ3n) is 5.09. The van der Waals surface area contributed by atoms with Crippen molar-refractivity contribution in [3.63, 3.8) is 0 Å². The molecule has 0 bridgehead atoms. The number of likely N-dealkylation sites (tertiary alicyclic amines) is 1. The van der Waals surface area contributed by atoms with Gasteiger partial charge in [0.1, 0.15) is 17.4 Å². The number of halogens is 1. The predicted octanol–water partition coefficient (Wildman–Crippen LogP) is 4.47. The molecule has 2 aliphatic rings. The SMILES string of the molecule is C=C/C(=C1/N=C(CCCN2CCCC2)C=CN1C)c1cc(OC)ccc1F. The highest BCUT2D eigenvalue weighted by Crippen LogP contribution is 2.30. The predicted molar refractivity (Wildman–Crippen MR) is 109 cm³/mol. The molecule has 0 radical (unpaired) electrons. The molecule has 1 saturated heterocycles. The lowest BCUT2D eigenvalue weighted by molar-refractivity contribution is 0.336. The van der Waals surface area contributed by atoms with Gasteiger partial charge in [0.05, 0.1) is 7.11 Å². The standard InChI is InChI=1S/C22H28FN3O/c1-4-19(20-16-18(27-3)9-10-21(20)23)22-24-17(11-15-25(22)2)8-7-14-26-12-5-6-13-26/h4,9-11,15-16H,1,5-8,12-14H2,2-3H3/b22-19+. The highest BCUT2D eigenvalue weighted by Gasteiger charge is 2.18. The zero-order valence-corrected chi connectivity index (χ0v) is 16.2. The Morgan fingerprint density at radius 2 is 2.11 bits per heavy atom. The fourth-order valence-electron chi connectivity index (χ4n) is 3.56. The van der Waals surface area contributed by atoms with Crippen molar-refractivity contribution in [2.45, 2.75) is 25.7 Å². The van der Waals surface area contributed by atoms with Crippen molar-refractivity contribution < 1.29 is 9.13 Å². The van der Waals surface area contributed by atoms with Crippen molar-refractivity contribution in [1.82, 2.24) is 9.80 Å². The summed E-state index contributed by atoms with van der Waals surface area (Å²) in [7, 11) is 3.49. The summed E-state index contributed by atoms with van der Waals surface area (Å²) in [5.41, 5.74) is 2.13. The number of hydrogen-bond acceptors (Lipinski definition) is 4. The number of hydrogen-bond donors (Lipinski definition) is 0. The summed E-state index contributed by atoms with van der Waals surface area (Å²) in [6.07, 6.45) is 10.3. The summed E-state index contributed by atoms with van der Waals surface area (Å²) in [5.74, 6) is 0.998. The topological polar surface area (TPSA) is 28.1 Å². The van der Waals surface area contributed by atoms with Gasteiger partial charge in [-0.05, 0) is 69.6 Å². The lowest BCUT2D eigenvalue weighted by Crippen LogP contribution is -2.22. The average Bonchev–Trinajstić information content (AvgIpc) is 3.19. The molecule has 0 spiro atoms. The molecule has 2 heterocycles. The zero-order valence-electron chi connectivity index (χ0n) is 16.2. The van der Waals surface area contributed by atoms with E-state index in [0.717, 1.165) is 25.1 Å². The first-order valence-electron chi connectivity index (χ1n) is 9.54. The quantitative estimate of drug-likeness (QED) is 0.710. The maximum atomic E-state index is 14.5. The van der Waals surface area contributed by atoms with Crippen LogP contribution in [0.3, 0.4) is 0 Å². The first-order valence-corrected chi connectivity index (χ1v) is 9.54. The van der Waals surface area contributed by atoms with Gasteiger partial charge in [-0.1, -0.05) is 12.7 Å². The molecule has 5 heteroatoms. The van der Waals surface area contributed by atoms with Gasteiger partial charge in [0.15, 0.2) is 0 Å². The van der Waals surface area contributed by atoms with Crippen LogP contribution < -0.4 is 4.74 Å². The molecule has 27 heavy (non-hydrogen) atoms. The number of aliphatic imine (C=N–C) groups is 1. The molecule has 0 saturated carbocycles. The first-order chi connectivity index (χ1) is 13.1. The van der Waals surface area contributed by atoms with E-state index in [4.69, 9.17) is 9.73 Å². The summed E-state index contributed by atoms with van der Waals surface area (Å²) < 4.78 is 19.7. The van der Waals surface area contributed by atoms with Crippen LogP contribution in [0.25, 0.3) is 5.57 Å². The Balaban J connectivity index is 1.83. The lowest BCUT2D eigenvalue weighted by Gasteiger charge is -2.23. The Labute approximate surface area is 161 Å². The molecule has 0 atom stereocenters. The second kappa shape index (κ2) is 9.00. The van der Waals surface area contributed by atoms with Gasteiger partial charge < -0.3 is 14.5 Å². The summed E-state index contributed by atoms with van der Waals surface area (Å²) in [5, 5.41) is 0. The van der Waals surface area contributed by atoms with Crippen LogP contribution >= 0.6 is 0 Å². The van der Waals surface area contributed by atoms with Gasteiger partial charge in [-0.2, -0.15) is 0 Å². The van der Waals surface area contributed by atoms with Gasteiger partial charge in [0.25, 0.3) is 0 Å². The molecular formula is C22H28FN3O. The Hall–Kier alpha value is -2.40. The van der Waals surface area contributed by atoms with Crippen LogP contribution in [0, 0.1) is 5.82 Å². The van der Waals surface area contributed by atoms with Crippen molar-refractivity contribution in [2.24, 2.45) is 4.99 Å². The lowest BCUT2D eigenvalue weighted by atomic mass is 10.0. The van der Waals surface area contributed by atoms with E-state index in [1.54, 1.807) is 25.3 Å². The minimum atomic E-state index is -0.313. The van der Waals surface area contributed by atoms with Crippen LogP contribution in [0.2, 0.25) is 0 Å². The molecule has 2 aliphatic heterocycles. The molecule has 1 aromatic carbocycles. The van der Waals surface area contributed by atoms with Crippen LogP contribution in [-0.2, 0) is 0 Å². The maximum absolute atomic E-state index is 14.5. The third kappa shape index (κ3) is 4.66. The van der Waals surface area contributed by atoms with Gasteiger partial charge in [0.2, 0.25) is 0 Å².